The fourth-order valence-electron chi connectivity index (χ4n) is 3.60. The highest BCUT2D eigenvalue weighted by atomic mass is 32.2. The molecule has 168 valence electrons. The molecule has 1 saturated heterocycles. The summed E-state index contributed by atoms with van der Waals surface area (Å²) in [5.74, 6) is 0.529. The van der Waals surface area contributed by atoms with Crippen molar-refractivity contribution < 1.29 is 17.6 Å². The molecular weight excluding hydrogens is 428 g/mol. The van der Waals surface area contributed by atoms with Crippen LogP contribution in [-0.4, -0.2) is 41.9 Å². The Morgan fingerprint density at radius 3 is 2.56 bits per heavy atom. The van der Waals surface area contributed by atoms with E-state index < -0.39 is 10.0 Å². The molecule has 1 N–H and O–H groups in total. The lowest BCUT2D eigenvalue weighted by Crippen LogP contribution is -2.35. The number of rotatable bonds is 7. The number of aromatic nitrogens is 2. The van der Waals surface area contributed by atoms with Crippen LogP contribution in [0.15, 0.2) is 57.8 Å². The molecule has 32 heavy (non-hydrogen) atoms. The van der Waals surface area contributed by atoms with E-state index in [4.69, 9.17) is 4.42 Å². The third-order valence-electron chi connectivity index (χ3n) is 5.40. The van der Waals surface area contributed by atoms with E-state index in [-0.39, 0.29) is 23.6 Å². The number of carbonyl (C=O) groups is 1. The van der Waals surface area contributed by atoms with Crippen LogP contribution in [0.3, 0.4) is 0 Å². The molecule has 2 heterocycles. The molecule has 1 aliphatic rings. The maximum Gasteiger partial charge on any atom is 0.247 e. The molecule has 0 saturated carbocycles. The van der Waals surface area contributed by atoms with E-state index in [1.165, 1.54) is 10.4 Å². The third kappa shape index (κ3) is 5.23. The van der Waals surface area contributed by atoms with Crippen molar-refractivity contribution in [2.45, 2.75) is 43.9 Å². The molecule has 0 unspecified atom stereocenters. The van der Waals surface area contributed by atoms with Crippen LogP contribution in [0.5, 0.6) is 0 Å². The first-order valence-electron chi connectivity index (χ1n) is 10.7. The van der Waals surface area contributed by atoms with Crippen molar-refractivity contribution in [1.29, 1.82) is 0 Å². The van der Waals surface area contributed by atoms with E-state index in [9.17, 15) is 13.2 Å². The van der Waals surface area contributed by atoms with Gasteiger partial charge in [0.15, 0.2) is 0 Å². The monoisotopic (exact) mass is 454 g/mol. The van der Waals surface area contributed by atoms with Crippen molar-refractivity contribution in [3.8, 4) is 11.5 Å². The Morgan fingerprint density at radius 2 is 1.81 bits per heavy atom. The van der Waals surface area contributed by atoms with Crippen molar-refractivity contribution in [1.82, 2.24) is 14.5 Å². The number of sulfonamides is 1. The normalized spacial score (nSPS) is 14.9. The fraction of sp³-hybridized carbons (Fsp3) is 0.348. The number of carbonyl (C=O) groups excluding carboxylic acids is 1. The van der Waals surface area contributed by atoms with Crippen LogP contribution in [0.4, 0.5) is 5.69 Å². The van der Waals surface area contributed by atoms with Crippen LogP contribution in [0, 0.1) is 6.92 Å². The molecule has 1 amide bonds. The highest BCUT2D eigenvalue weighted by molar-refractivity contribution is 7.89. The molecular formula is C23H26N4O4S. The van der Waals surface area contributed by atoms with Crippen LogP contribution in [-0.2, 0) is 21.2 Å². The van der Waals surface area contributed by atoms with Gasteiger partial charge in [-0.2, -0.15) is 4.31 Å². The first kappa shape index (κ1) is 22.2. The fourth-order valence-corrected chi connectivity index (χ4v) is 5.16. The Hall–Kier alpha value is -3.04. The van der Waals surface area contributed by atoms with Gasteiger partial charge in [0, 0.05) is 37.2 Å². The minimum Gasteiger partial charge on any atom is -0.421 e. The lowest BCUT2D eigenvalue weighted by Gasteiger charge is -2.26. The van der Waals surface area contributed by atoms with Gasteiger partial charge in [-0.1, -0.05) is 30.2 Å². The van der Waals surface area contributed by atoms with Gasteiger partial charge in [0.05, 0.1) is 4.90 Å². The van der Waals surface area contributed by atoms with Crippen molar-refractivity contribution >= 4 is 21.6 Å². The summed E-state index contributed by atoms with van der Waals surface area (Å²) < 4.78 is 32.9. The van der Waals surface area contributed by atoms with Gasteiger partial charge in [-0.05, 0) is 50.1 Å². The Balaban J connectivity index is 1.35. The first-order valence-corrected chi connectivity index (χ1v) is 12.2. The Morgan fingerprint density at radius 1 is 1.06 bits per heavy atom. The first-order chi connectivity index (χ1) is 15.4. The number of nitrogens with one attached hydrogen (secondary N) is 1. The number of benzene rings is 2. The van der Waals surface area contributed by atoms with Crippen LogP contribution < -0.4 is 5.32 Å². The standard InChI is InChI=1S/C23H26N4O4S/c1-17-8-10-18(11-9-17)23-26-25-22(31-23)13-12-21(28)24-19-6-5-7-20(16-19)32(29,30)27-14-3-2-4-15-27/h5-11,16H,2-4,12-15H2,1H3,(H,24,28). The predicted octanol–water partition coefficient (Wildman–Crippen LogP) is 3.79. The second-order valence-corrected chi connectivity index (χ2v) is 9.85. The van der Waals surface area contributed by atoms with Gasteiger partial charge in [-0.3, -0.25) is 4.79 Å². The smallest absolute Gasteiger partial charge is 0.247 e. The van der Waals surface area contributed by atoms with Crippen LogP contribution in [0.25, 0.3) is 11.5 Å². The summed E-state index contributed by atoms with van der Waals surface area (Å²) in [7, 11) is -3.55. The molecule has 9 heteroatoms. The van der Waals surface area contributed by atoms with E-state index in [1.807, 2.05) is 31.2 Å². The van der Waals surface area contributed by atoms with E-state index in [2.05, 4.69) is 15.5 Å². The molecule has 1 fully saturated rings. The predicted molar refractivity (Wildman–Crippen MR) is 120 cm³/mol. The maximum absolute atomic E-state index is 12.9. The lowest BCUT2D eigenvalue weighted by atomic mass is 10.1. The lowest BCUT2D eigenvalue weighted by molar-refractivity contribution is -0.116. The summed E-state index contributed by atoms with van der Waals surface area (Å²) in [5.41, 5.74) is 2.41. The molecule has 4 rings (SSSR count). The van der Waals surface area contributed by atoms with Gasteiger partial charge in [0.25, 0.3) is 0 Å². The second kappa shape index (κ2) is 9.62. The van der Waals surface area contributed by atoms with E-state index in [0.29, 0.717) is 30.6 Å². The SMILES string of the molecule is Cc1ccc(-c2nnc(CCC(=O)Nc3cccc(S(=O)(=O)N4CCCCC4)c3)o2)cc1. The Bertz CT molecular complexity index is 1180. The summed E-state index contributed by atoms with van der Waals surface area (Å²) >= 11 is 0. The zero-order valence-corrected chi connectivity index (χ0v) is 18.8. The zero-order valence-electron chi connectivity index (χ0n) is 18.0. The molecule has 0 spiro atoms. The number of aryl methyl sites for hydroxylation is 2. The minimum absolute atomic E-state index is 0.138. The van der Waals surface area contributed by atoms with Gasteiger partial charge in [0.2, 0.25) is 27.7 Å². The molecule has 8 nitrogen and oxygen atoms in total. The number of amides is 1. The molecule has 2 aromatic carbocycles. The van der Waals surface area contributed by atoms with Crippen LogP contribution >= 0.6 is 0 Å². The molecule has 0 radical (unpaired) electrons. The van der Waals surface area contributed by atoms with Crippen molar-refractivity contribution in [2.75, 3.05) is 18.4 Å². The average molecular weight is 455 g/mol. The topological polar surface area (TPSA) is 105 Å². The molecule has 1 aromatic heterocycles. The molecule has 1 aliphatic heterocycles. The van der Waals surface area contributed by atoms with Gasteiger partial charge >= 0.3 is 0 Å². The maximum atomic E-state index is 12.9. The zero-order chi connectivity index (χ0) is 22.6. The molecule has 0 aliphatic carbocycles. The largest absolute Gasteiger partial charge is 0.421 e. The van der Waals surface area contributed by atoms with E-state index in [1.54, 1.807) is 18.2 Å². The molecule has 3 aromatic rings. The minimum atomic E-state index is -3.55. The highest BCUT2D eigenvalue weighted by Crippen LogP contribution is 2.23. The summed E-state index contributed by atoms with van der Waals surface area (Å²) in [6.45, 7) is 3.07. The van der Waals surface area contributed by atoms with Gasteiger partial charge in [-0.15, -0.1) is 10.2 Å². The number of hydrogen-bond donors (Lipinski definition) is 1. The van der Waals surface area contributed by atoms with Gasteiger partial charge in [0.1, 0.15) is 0 Å². The average Bonchev–Trinajstić information content (AvgIpc) is 3.28. The van der Waals surface area contributed by atoms with Gasteiger partial charge < -0.3 is 9.73 Å². The number of hydrogen-bond acceptors (Lipinski definition) is 6. The van der Waals surface area contributed by atoms with Crippen LogP contribution in [0.1, 0.15) is 37.1 Å². The number of nitrogens with zero attached hydrogens (tertiary/aromatic N) is 3. The second-order valence-electron chi connectivity index (χ2n) is 7.91. The Kier molecular flexibility index (Phi) is 6.66. The van der Waals surface area contributed by atoms with Crippen molar-refractivity contribution in [2.24, 2.45) is 0 Å². The molecule has 0 bridgehead atoms. The summed E-state index contributed by atoms with van der Waals surface area (Å²) in [5, 5.41) is 10.8. The Labute approximate surface area is 187 Å². The number of anilines is 1. The van der Waals surface area contributed by atoms with E-state index >= 15 is 0 Å². The van der Waals surface area contributed by atoms with Crippen molar-refractivity contribution in [3.05, 3.63) is 60.0 Å². The summed E-state index contributed by atoms with van der Waals surface area (Å²) in [4.78, 5) is 12.6. The third-order valence-corrected chi connectivity index (χ3v) is 7.30. The van der Waals surface area contributed by atoms with Crippen molar-refractivity contribution in [3.63, 3.8) is 0 Å². The van der Waals surface area contributed by atoms with Gasteiger partial charge in [-0.25, -0.2) is 8.42 Å². The molecule has 0 atom stereocenters. The van der Waals surface area contributed by atoms with Crippen LogP contribution in [0.2, 0.25) is 0 Å². The summed E-state index contributed by atoms with van der Waals surface area (Å²) in [6, 6.07) is 14.1. The quantitative estimate of drug-likeness (QED) is 0.582. The van der Waals surface area contributed by atoms with E-state index in [0.717, 1.165) is 30.4 Å². The highest BCUT2D eigenvalue weighted by Gasteiger charge is 2.26. The number of piperidine rings is 1. The summed E-state index contributed by atoms with van der Waals surface area (Å²) in [6.07, 6.45) is 3.22.